The van der Waals surface area contributed by atoms with Crippen LogP contribution in [0, 0.1) is 0 Å². The first-order valence-electron chi connectivity index (χ1n) is 4.92. The van der Waals surface area contributed by atoms with Gasteiger partial charge in [-0.05, 0) is 30.9 Å². The zero-order chi connectivity index (χ0) is 9.97. The molecule has 1 aliphatic rings. The topological polar surface area (TPSA) is 34.1 Å². The Bertz CT molecular complexity index is 380. The molecule has 1 aliphatic carbocycles. The summed E-state index contributed by atoms with van der Waals surface area (Å²) in [5.74, 6) is 0.218. The first-order valence-corrected chi connectivity index (χ1v) is 4.92. The van der Waals surface area contributed by atoms with Crippen molar-refractivity contribution in [1.29, 1.82) is 0 Å². The molecule has 72 valence electrons. The van der Waals surface area contributed by atoms with E-state index in [0.29, 0.717) is 12.0 Å². The van der Waals surface area contributed by atoms with Crippen LogP contribution in [0.15, 0.2) is 18.2 Å². The molecular weight excluding hydrogens is 176 g/mol. The third-order valence-electron chi connectivity index (χ3n) is 2.67. The van der Waals surface area contributed by atoms with Gasteiger partial charge in [-0.25, -0.2) is 0 Å². The van der Waals surface area contributed by atoms with E-state index in [1.54, 1.807) is 12.1 Å². The zero-order valence-corrected chi connectivity index (χ0v) is 7.95. The van der Waals surface area contributed by atoms with Crippen LogP contribution in [0.5, 0.6) is 0 Å². The molecule has 0 atom stereocenters. The highest BCUT2D eigenvalue weighted by molar-refractivity contribution is 5.98. The molecule has 1 aromatic rings. The number of fused-ring (bicyclic) bond motifs is 1. The average Bonchev–Trinajstić information content (AvgIpc) is 2.40. The maximum Gasteiger partial charge on any atom is 0.163 e. The normalized spacial score (nSPS) is 15.9. The second-order valence-electron chi connectivity index (χ2n) is 3.66. The van der Waals surface area contributed by atoms with E-state index in [2.05, 4.69) is 0 Å². The number of ketones is 1. The molecule has 0 saturated carbocycles. The van der Waals surface area contributed by atoms with Crippen LogP contribution >= 0.6 is 0 Å². The summed E-state index contributed by atoms with van der Waals surface area (Å²) in [4.78, 5) is 22.2. The van der Waals surface area contributed by atoms with Gasteiger partial charge in [0.25, 0.3) is 0 Å². The number of rotatable bonds is 1. The largest absolute Gasteiger partial charge is 0.298 e. The number of carbonyl (C=O) groups excluding carboxylic acids is 2. The van der Waals surface area contributed by atoms with E-state index in [9.17, 15) is 9.59 Å². The highest BCUT2D eigenvalue weighted by atomic mass is 16.1. The van der Waals surface area contributed by atoms with E-state index in [-0.39, 0.29) is 5.78 Å². The molecule has 0 unspecified atom stereocenters. The predicted octanol–water partition coefficient (Wildman–Crippen LogP) is 2.41. The average molecular weight is 188 g/mol. The van der Waals surface area contributed by atoms with Gasteiger partial charge in [-0.1, -0.05) is 12.1 Å². The summed E-state index contributed by atoms with van der Waals surface area (Å²) in [6, 6.07) is 5.34. The third kappa shape index (κ3) is 1.60. The van der Waals surface area contributed by atoms with Crippen LogP contribution in [0.2, 0.25) is 0 Å². The Morgan fingerprint density at radius 2 is 1.93 bits per heavy atom. The lowest BCUT2D eigenvalue weighted by Crippen LogP contribution is -2.00. The number of hydrogen-bond acceptors (Lipinski definition) is 2. The number of aryl methyl sites for hydroxylation is 1. The van der Waals surface area contributed by atoms with Crippen molar-refractivity contribution < 1.29 is 9.59 Å². The Kier molecular flexibility index (Phi) is 2.44. The van der Waals surface area contributed by atoms with E-state index in [1.165, 1.54) is 0 Å². The molecule has 14 heavy (non-hydrogen) atoms. The molecule has 0 amide bonds. The summed E-state index contributed by atoms with van der Waals surface area (Å²) in [5, 5.41) is 0. The summed E-state index contributed by atoms with van der Waals surface area (Å²) in [5.41, 5.74) is 2.52. The Labute approximate surface area is 82.9 Å². The smallest absolute Gasteiger partial charge is 0.163 e. The lowest BCUT2D eigenvalue weighted by molar-refractivity contribution is 0.0981. The van der Waals surface area contributed by atoms with Crippen LogP contribution in [0.3, 0.4) is 0 Å². The van der Waals surface area contributed by atoms with E-state index in [1.807, 2.05) is 6.07 Å². The summed E-state index contributed by atoms with van der Waals surface area (Å²) >= 11 is 0. The van der Waals surface area contributed by atoms with Crippen LogP contribution in [-0.2, 0) is 6.42 Å². The van der Waals surface area contributed by atoms with Gasteiger partial charge in [0.15, 0.2) is 5.78 Å². The number of benzene rings is 1. The molecule has 0 fully saturated rings. The lowest BCUT2D eigenvalue weighted by Gasteiger charge is -2.04. The first kappa shape index (κ1) is 9.13. The molecule has 0 aromatic heterocycles. The molecule has 0 spiro atoms. The van der Waals surface area contributed by atoms with Gasteiger partial charge in [0, 0.05) is 17.5 Å². The second-order valence-corrected chi connectivity index (χ2v) is 3.66. The SMILES string of the molecule is O=Cc1ccc2c(c1)CCCCC2=O. The van der Waals surface area contributed by atoms with Crippen LogP contribution in [0.25, 0.3) is 0 Å². The maximum absolute atomic E-state index is 11.6. The van der Waals surface area contributed by atoms with E-state index < -0.39 is 0 Å². The van der Waals surface area contributed by atoms with Crippen molar-refractivity contribution in [2.24, 2.45) is 0 Å². The fourth-order valence-electron chi connectivity index (χ4n) is 1.90. The van der Waals surface area contributed by atoms with Crippen molar-refractivity contribution in [3.8, 4) is 0 Å². The fraction of sp³-hybridized carbons (Fsp3) is 0.333. The van der Waals surface area contributed by atoms with Crippen molar-refractivity contribution in [3.63, 3.8) is 0 Å². The highest BCUT2D eigenvalue weighted by Crippen LogP contribution is 2.21. The van der Waals surface area contributed by atoms with E-state index >= 15 is 0 Å². The van der Waals surface area contributed by atoms with Crippen molar-refractivity contribution in [3.05, 3.63) is 34.9 Å². The number of hydrogen-bond donors (Lipinski definition) is 0. The highest BCUT2D eigenvalue weighted by Gasteiger charge is 2.15. The number of Topliss-reactive ketones (excluding diaryl/α,β-unsaturated/α-hetero) is 1. The Balaban J connectivity index is 2.47. The third-order valence-corrected chi connectivity index (χ3v) is 2.67. The minimum absolute atomic E-state index is 0.218. The molecular formula is C12H12O2. The van der Waals surface area contributed by atoms with Gasteiger partial charge in [-0.15, -0.1) is 0 Å². The summed E-state index contributed by atoms with van der Waals surface area (Å²) in [6.07, 6.45) is 4.40. The van der Waals surface area contributed by atoms with Crippen molar-refractivity contribution >= 4 is 12.1 Å². The summed E-state index contributed by atoms with van der Waals surface area (Å²) < 4.78 is 0. The lowest BCUT2D eigenvalue weighted by atomic mass is 10.00. The molecule has 1 aromatic carbocycles. The summed E-state index contributed by atoms with van der Waals surface area (Å²) in [7, 11) is 0. The van der Waals surface area contributed by atoms with E-state index in [0.717, 1.165) is 36.7 Å². The molecule has 0 saturated heterocycles. The van der Waals surface area contributed by atoms with E-state index in [4.69, 9.17) is 0 Å². The van der Waals surface area contributed by atoms with Crippen LogP contribution in [0.4, 0.5) is 0 Å². The predicted molar refractivity (Wildman–Crippen MR) is 53.7 cm³/mol. The molecule has 0 aliphatic heterocycles. The molecule has 2 rings (SSSR count). The summed E-state index contributed by atoms with van der Waals surface area (Å²) in [6.45, 7) is 0. The van der Waals surface area contributed by atoms with Gasteiger partial charge in [-0.2, -0.15) is 0 Å². The molecule has 2 heteroatoms. The first-order chi connectivity index (χ1) is 6.81. The van der Waals surface area contributed by atoms with Gasteiger partial charge >= 0.3 is 0 Å². The maximum atomic E-state index is 11.6. The van der Waals surface area contributed by atoms with Gasteiger partial charge in [0.2, 0.25) is 0 Å². The quantitative estimate of drug-likeness (QED) is 0.501. The van der Waals surface area contributed by atoms with Crippen molar-refractivity contribution in [2.45, 2.75) is 25.7 Å². The van der Waals surface area contributed by atoms with Crippen LogP contribution in [-0.4, -0.2) is 12.1 Å². The minimum Gasteiger partial charge on any atom is -0.298 e. The molecule has 0 N–H and O–H groups in total. The standard InChI is InChI=1S/C12H12O2/c13-8-9-5-6-11-10(7-9)3-1-2-4-12(11)14/h5-8H,1-4H2. The molecule has 0 bridgehead atoms. The monoisotopic (exact) mass is 188 g/mol. The minimum atomic E-state index is 0.218. The Morgan fingerprint density at radius 1 is 1.14 bits per heavy atom. The van der Waals surface area contributed by atoms with Crippen molar-refractivity contribution in [2.75, 3.05) is 0 Å². The van der Waals surface area contributed by atoms with Crippen LogP contribution < -0.4 is 0 Å². The fourth-order valence-corrected chi connectivity index (χ4v) is 1.90. The Morgan fingerprint density at radius 3 is 2.71 bits per heavy atom. The molecule has 2 nitrogen and oxygen atoms in total. The van der Waals surface area contributed by atoms with Crippen LogP contribution in [0.1, 0.15) is 45.5 Å². The van der Waals surface area contributed by atoms with Gasteiger partial charge in [0.1, 0.15) is 6.29 Å². The molecule has 0 heterocycles. The zero-order valence-electron chi connectivity index (χ0n) is 7.95. The number of carbonyl (C=O) groups is 2. The Hall–Kier alpha value is -1.44. The van der Waals surface area contributed by atoms with Crippen molar-refractivity contribution in [1.82, 2.24) is 0 Å². The van der Waals surface area contributed by atoms with Gasteiger partial charge in [-0.3, -0.25) is 9.59 Å². The molecule has 0 radical (unpaired) electrons. The van der Waals surface area contributed by atoms with Gasteiger partial charge < -0.3 is 0 Å². The van der Waals surface area contributed by atoms with Gasteiger partial charge in [0.05, 0.1) is 0 Å². The number of aldehydes is 1. The second kappa shape index (κ2) is 3.74.